The van der Waals surface area contributed by atoms with Crippen molar-refractivity contribution < 1.29 is 4.74 Å². The molecule has 1 N–H and O–H groups in total. The van der Waals surface area contributed by atoms with Gasteiger partial charge in [0.25, 0.3) is 0 Å². The van der Waals surface area contributed by atoms with Gasteiger partial charge in [-0.25, -0.2) is 0 Å². The molecular formula is C10H16N2O. The molecule has 1 aromatic heterocycles. The lowest BCUT2D eigenvalue weighted by atomic mass is 10.3. The normalized spacial score (nSPS) is 12.5. The molecule has 3 heteroatoms. The predicted molar refractivity (Wildman–Crippen MR) is 53.9 cm³/mol. The number of hydrogen-bond acceptors (Lipinski definition) is 3. The zero-order valence-electron chi connectivity index (χ0n) is 8.37. The van der Waals surface area contributed by atoms with Gasteiger partial charge in [0, 0.05) is 19.3 Å². The lowest BCUT2D eigenvalue weighted by Crippen LogP contribution is -2.18. The average Bonchev–Trinajstić information content (AvgIpc) is 2.16. The summed E-state index contributed by atoms with van der Waals surface area (Å²) in [5.41, 5.74) is 2.07. The summed E-state index contributed by atoms with van der Waals surface area (Å²) in [6.07, 6.45) is 2.05. The van der Waals surface area contributed by atoms with Crippen molar-refractivity contribution in [3.63, 3.8) is 0 Å². The SMILES string of the molecule is COC(C)CNc1ccc(C)nc1. The van der Waals surface area contributed by atoms with Crippen molar-refractivity contribution in [1.82, 2.24) is 4.98 Å². The fraction of sp³-hybridized carbons (Fsp3) is 0.500. The number of pyridine rings is 1. The number of anilines is 1. The molecule has 1 rings (SSSR count). The van der Waals surface area contributed by atoms with Gasteiger partial charge in [0.05, 0.1) is 18.0 Å². The molecule has 0 aliphatic heterocycles. The number of ether oxygens (including phenoxy) is 1. The maximum absolute atomic E-state index is 5.11. The van der Waals surface area contributed by atoms with E-state index in [1.165, 1.54) is 0 Å². The Morgan fingerprint density at radius 1 is 1.54 bits per heavy atom. The molecule has 1 atom stereocenters. The van der Waals surface area contributed by atoms with Gasteiger partial charge in [-0.1, -0.05) is 0 Å². The molecule has 0 aromatic carbocycles. The molecule has 3 nitrogen and oxygen atoms in total. The average molecular weight is 180 g/mol. The molecule has 1 heterocycles. The van der Waals surface area contributed by atoms with Crippen molar-refractivity contribution in [3.8, 4) is 0 Å². The van der Waals surface area contributed by atoms with Crippen LogP contribution in [0.1, 0.15) is 12.6 Å². The topological polar surface area (TPSA) is 34.1 Å². The molecule has 1 aromatic rings. The third kappa shape index (κ3) is 3.42. The Labute approximate surface area is 79.1 Å². The second kappa shape index (κ2) is 4.82. The summed E-state index contributed by atoms with van der Waals surface area (Å²) in [6, 6.07) is 4.00. The van der Waals surface area contributed by atoms with Crippen LogP contribution in [0.4, 0.5) is 5.69 Å². The van der Waals surface area contributed by atoms with Crippen LogP contribution in [-0.2, 0) is 4.74 Å². The van der Waals surface area contributed by atoms with Crippen molar-refractivity contribution in [2.75, 3.05) is 19.0 Å². The molecule has 0 saturated heterocycles. The van der Waals surface area contributed by atoms with E-state index in [-0.39, 0.29) is 6.10 Å². The van der Waals surface area contributed by atoms with Gasteiger partial charge in [-0.15, -0.1) is 0 Å². The van der Waals surface area contributed by atoms with Crippen molar-refractivity contribution in [3.05, 3.63) is 24.0 Å². The van der Waals surface area contributed by atoms with E-state index in [4.69, 9.17) is 4.74 Å². The molecule has 0 fully saturated rings. The monoisotopic (exact) mass is 180 g/mol. The van der Waals surface area contributed by atoms with E-state index in [9.17, 15) is 0 Å². The van der Waals surface area contributed by atoms with Gasteiger partial charge >= 0.3 is 0 Å². The van der Waals surface area contributed by atoms with E-state index < -0.39 is 0 Å². The standard InChI is InChI=1S/C10H16N2O/c1-8-4-5-10(7-11-8)12-6-9(2)13-3/h4-5,7,9,12H,6H2,1-3H3. The lowest BCUT2D eigenvalue weighted by molar-refractivity contribution is 0.129. The second-order valence-electron chi connectivity index (χ2n) is 3.12. The third-order valence-corrected chi connectivity index (χ3v) is 1.91. The number of methoxy groups -OCH3 is 1. The van der Waals surface area contributed by atoms with Crippen LogP contribution in [0.15, 0.2) is 18.3 Å². The summed E-state index contributed by atoms with van der Waals surface area (Å²) in [6.45, 7) is 4.80. The number of aryl methyl sites for hydroxylation is 1. The molecular weight excluding hydrogens is 164 g/mol. The van der Waals surface area contributed by atoms with Gasteiger partial charge in [-0.05, 0) is 26.0 Å². The molecule has 72 valence electrons. The van der Waals surface area contributed by atoms with E-state index >= 15 is 0 Å². The Bertz CT molecular complexity index is 246. The second-order valence-corrected chi connectivity index (χ2v) is 3.12. The van der Waals surface area contributed by atoms with Crippen LogP contribution in [0, 0.1) is 6.92 Å². The summed E-state index contributed by atoms with van der Waals surface area (Å²) < 4.78 is 5.11. The van der Waals surface area contributed by atoms with Crippen LogP contribution in [0.3, 0.4) is 0 Å². The van der Waals surface area contributed by atoms with Crippen LogP contribution in [0.25, 0.3) is 0 Å². The minimum atomic E-state index is 0.223. The summed E-state index contributed by atoms with van der Waals surface area (Å²) >= 11 is 0. The van der Waals surface area contributed by atoms with Crippen LogP contribution < -0.4 is 5.32 Å². The smallest absolute Gasteiger partial charge is 0.0715 e. The number of aromatic nitrogens is 1. The number of hydrogen-bond donors (Lipinski definition) is 1. The van der Waals surface area contributed by atoms with Gasteiger partial charge < -0.3 is 10.1 Å². The van der Waals surface area contributed by atoms with Gasteiger partial charge in [0.2, 0.25) is 0 Å². The fourth-order valence-corrected chi connectivity index (χ4v) is 0.917. The summed E-state index contributed by atoms with van der Waals surface area (Å²) in [4.78, 5) is 4.18. The molecule has 0 amide bonds. The Kier molecular flexibility index (Phi) is 3.71. The van der Waals surface area contributed by atoms with E-state index in [1.807, 2.05) is 32.2 Å². The van der Waals surface area contributed by atoms with Crippen LogP contribution in [0.2, 0.25) is 0 Å². The lowest BCUT2D eigenvalue weighted by Gasteiger charge is -2.11. The Hall–Kier alpha value is -1.09. The van der Waals surface area contributed by atoms with E-state index in [2.05, 4.69) is 10.3 Å². The maximum Gasteiger partial charge on any atom is 0.0715 e. The number of nitrogens with zero attached hydrogens (tertiary/aromatic N) is 1. The quantitative estimate of drug-likeness (QED) is 0.767. The first-order valence-corrected chi connectivity index (χ1v) is 4.41. The van der Waals surface area contributed by atoms with E-state index in [0.29, 0.717) is 0 Å². The molecule has 0 saturated carbocycles. The molecule has 0 bridgehead atoms. The van der Waals surface area contributed by atoms with E-state index in [0.717, 1.165) is 17.9 Å². The molecule has 1 unspecified atom stereocenters. The third-order valence-electron chi connectivity index (χ3n) is 1.91. The minimum Gasteiger partial charge on any atom is -0.381 e. The highest BCUT2D eigenvalue weighted by molar-refractivity contribution is 5.40. The van der Waals surface area contributed by atoms with Gasteiger partial charge in [-0.3, -0.25) is 4.98 Å². The van der Waals surface area contributed by atoms with Gasteiger partial charge in [-0.2, -0.15) is 0 Å². The first kappa shape index (κ1) is 9.99. The fourth-order valence-electron chi connectivity index (χ4n) is 0.917. The highest BCUT2D eigenvalue weighted by Gasteiger charge is 1.98. The van der Waals surface area contributed by atoms with E-state index in [1.54, 1.807) is 7.11 Å². The zero-order valence-corrected chi connectivity index (χ0v) is 8.37. The van der Waals surface area contributed by atoms with Crippen molar-refractivity contribution in [1.29, 1.82) is 0 Å². The Morgan fingerprint density at radius 3 is 2.85 bits per heavy atom. The summed E-state index contributed by atoms with van der Waals surface area (Å²) in [5, 5.41) is 3.24. The number of nitrogens with one attached hydrogen (secondary N) is 1. The molecule has 0 radical (unpaired) electrons. The van der Waals surface area contributed by atoms with Crippen LogP contribution >= 0.6 is 0 Å². The number of rotatable bonds is 4. The first-order chi connectivity index (χ1) is 6.22. The van der Waals surface area contributed by atoms with Crippen molar-refractivity contribution >= 4 is 5.69 Å². The Morgan fingerprint density at radius 2 is 2.31 bits per heavy atom. The Balaban J connectivity index is 2.41. The maximum atomic E-state index is 5.11. The van der Waals surface area contributed by atoms with Gasteiger partial charge in [0.1, 0.15) is 0 Å². The van der Waals surface area contributed by atoms with Crippen LogP contribution in [-0.4, -0.2) is 24.7 Å². The van der Waals surface area contributed by atoms with Crippen LogP contribution in [0.5, 0.6) is 0 Å². The largest absolute Gasteiger partial charge is 0.381 e. The molecule has 13 heavy (non-hydrogen) atoms. The highest BCUT2D eigenvalue weighted by atomic mass is 16.5. The zero-order chi connectivity index (χ0) is 9.68. The highest BCUT2D eigenvalue weighted by Crippen LogP contribution is 2.05. The molecule has 0 spiro atoms. The van der Waals surface area contributed by atoms with Crippen molar-refractivity contribution in [2.45, 2.75) is 20.0 Å². The molecule has 0 aliphatic rings. The minimum absolute atomic E-state index is 0.223. The summed E-state index contributed by atoms with van der Waals surface area (Å²) in [5.74, 6) is 0. The predicted octanol–water partition coefficient (Wildman–Crippen LogP) is 1.84. The van der Waals surface area contributed by atoms with Gasteiger partial charge in [0.15, 0.2) is 0 Å². The van der Waals surface area contributed by atoms with Crippen molar-refractivity contribution in [2.24, 2.45) is 0 Å². The summed E-state index contributed by atoms with van der Waals surface area (Å²) in [7, 11) is 1.71. The first-order valence-electron chi connectivity index (χ1n) is 4.41. The molecule has 0 aliphatic carbocycles.